The van der Waals surface area contributed by atoms with Crippen molar-refractivity contribution in [2.45, 2.75) is 71.9 Å². The van der Waals surface area contributed by atoms with Gasteiger partial charge in [0.2, 0.25) is 0 Å². The largest absolute Gasteiger partial charge is 0.456 e. The van der Waals surface area contributed by atoms with Gasteiger partial charge in [-0.3, -0.25) is 14.4 Å². The lowest BCUT2D eigenvalue weighted by Gasteiger charge is -2.38. The highest BCUT2D eigenvalue weighted by Crippen LogP contribution is 2.22. The SMILES string of the molecule is Cc1[nH]c(=O)c(C#N)c(C)c1CCC(=O)OCC(=O)N1[C@H](C)CCC[C@@H]1C. The van der Waals surface area contributed by atoms with Gasteiger partial charge in [-0.1, -0.05) is 0 Å². The summed E-state index contributed by atoms with van der Waals surface area (Å²) in [7, 11) is 0. The lowest BCUT2D eigenvalue weighted by molar-refractivity contribution is -0.154. The van der Waals surface area contributed by atoms with Crippen molar-refractivity contribution in [3.63, 3.8) is 0 Å². The van der Waals surface area contributed by atoms with Gasteiger partial charge in [-0.25, -0.2) is 0 Å². The summed E-state index contributed by atoms with van der Waals surface area (Å²) in [5.74, 6) is -0.629. The van der Waals surface area contributed by atoms with E-state index in [2.05, 4.69) is 4.98 Å². The lowest BCUT2D eigenvalue weighted by atomic mass is 9.97. The minimum atomic E-state index is -0.468. The molecule has 0 unspecified atom stereocenters. The number of hydrogen-bond acceptors (Lipinski definition) is 5. The zero-order valence-corrected chi connectivity index (χ0v) is 16.4. The van der Waals surface area contributed by atoms with Crippen LogP contribution < -0.4 is 5.56 Å². The molecule has 1 N–H and O–H groups in total. The molecule has 7 nitrogen and oxygen atoms in total. The van der Waals surface area contributed by atoms with Gasteiger partial charge in [-0.05, 0) is 64.5 Å². The van der Waals surface area contributed by atoms with Gasteiger partial charge in [0.05, 0.1) is 0 Å². The number of piperidine rings is 1. The van der Waals surface area contributed by atoms with Crippen LogP contribution in [-0.2, 0) is 20.7 Å². The standard InChI is InChI=1S/C20H27N3O4/c1-12-6-5-7-13(2)23(12)18(24)11-27-19(25)9-8-16-14(3)17(10-21)20(26)22-15(16)4/h12-13H,5-9,11H2,1-4H3,(H,22,26)/t12-,13+. The van der Waals surface area contributed by atoms with Crippen LogP contribution in [0.5, 0.6) is 0 Å². The third-order valence-electron chi connectivity index (χ3n) is 5.34. The van der Waals surface area contributed by atoms with E-state index in [1.165, 1.54) is 0 Å². The first-order valence-electron chi connectivity index (χ1n) is 9.35. The zero-order valence-electron chi connectivity index (χ0n) is 16.4. The second kappa shape index (κ2) is 8.85. The number of H-pyrrole nitrogens is 1. The first-order valence-corrected chi connectivity index (χ1v) is 9.35. The van der Waals surface area contributed by atoms with E-state index in [1.807, 2.05) is 24.8 Å². The molecule has 1 aromatic rings. The van der Waals surface area contributed by atoms with Crippen molar-refractivity contribution >= 4 is 11.9 Å². The minimum Gasteiger partial charge on any atom is -0.456 e. The van der Waals surface area contributed by atoms with Crippen LogP contribution in [0, 0.1) is 25.2 Å². The Morgan fingerprint density at radius 2 is 1.89 bits per heavy atom. The Morgan fingerprint density at radius 1 is 1.26 bits per heavy atom. The van der Waals surface area contributed by atoms with Crippen LogP contribution in [0.2, 0.25) is 0 Å². The molecule has 2 rings (SSSR count). The van der Waals surface area contributed by atoms with E-state index in [-0.39, 0.29) is 36.6 Å². The summed E-state index contributed by atoms with van der Waals surface area (Å²) in [6.07, 6.45) is 3.46. The van der Waals surface area contributed by atoms with Gasteiger partial charge in [0.25, 0.3) is 11.5 Å². The zero-order chi connectivity index (χ0) is 20.1. The van der Waals surface area contributed by atoms with Crippen LogP contribution in [-0.4, -0.2) is 40.5 Å². The Bertz CT molecular complexity index is 812. The maximum Gasteiger partial charge on any atom is 0.306 e. The molecule has 1 aliphatic heterocycles. The van der Waals surface area contributed by atoms with Gasteiger partial charge in [0.15, 0.2) is 6.61 Å². The Hall–Kier alpha value is -2.62. The first-order chi connectivity index (χ1) is 12.8. The number of hydrogen-bond donors (Lipinski definition) is 1. The molecule has 1 saturated heterocycles. The van der Waals surface area contributed by atoms with E-state index in [4.69, 9.17) is 10.00 Å². The summed E-state index contributed by atoms with van der Waals surface area (Å²) < 4.78 is 5.17. The molecular formula is C20H27N3O4. The number of esters is 1. The Morgan fingerprint density at radius 3 is 2.48 bits per heavy atom. The minimum absolute atomic E-state index is 0.0622. The van der Waals surface area contributed by atoms with Crippen LogP contribution in [0.3, 0.4) is 0 Å². The topological polar surface area (TPSA) is 103 Å². The van der Waals surface area contributed by atoms with Gasteiger partial charge in [0, 0.05) is 24.2 Å². The van der Waals surface area contributed by atoms with Crippen LogP contribution >= 0.6 is 0 Å². The average Bonchev–Trinajstić information content (AvgIpc) is 2.59. The van der Waals surface area contributed by atoms with Crippen LogP contribution in [0.25, 0.3) is 0 Å². The Kier molecular flexibility index (Phi) is 6.78. The molecule has 0 radical (unpaired) electrons. The number of aromatic amines is 1. The molecular weight excluding hydrogens is 346 g/mol. The highest BCUT2D eigenvalue weighted by molar-refractivity contribution is 5.81. The normalized spacial score (nSPS) is 19.4. The fourth-order valence-corrected chi connectivity index (χ4v) is 3.85. The maximum atomic E-state index is 12.4. The molecule has 1 aromatic heterocycles. The summed E-state index contributed by atoms with van der Waals surface area (Å²) in [5.41, 5.74) is 1.61. The number of ether oxygens (including phenoxy) is 1. The summed E-state index contributed by atoms with van der Waals surface area (Å²) in [5, 5.41) is 9.10. The van der Waals surface area contributed by atoms with E-state index in [0.717, 1.165) is 24.8 Å². The Balaban J connectivity index is 1.93. The fourth-order valence-electron chi connectivity index (χ4n) is 3.85. The number of aryl methyl sites for hydroxylation is 1. The predicted molar refractivity (Wildman–Crippen MR) is 100 cm³/mol. The van der Waals surface area contributed by atoms with Crippen molar-refractivity contribution in [1.82, 2.24) is 9.88 Å². The molecule has 0 aromatic carbocycles. The number of rotatable bonds is 5. The average molecular weight is 373 g/mol. The van der Waals surface area contributed by atoms with E-state index >= 15 is 0 Å². The van der Waals surface area contributed by atoms with E-state index < -0.39 is 11.5 Å². The summed E-state index contributed by atoms with van der Waals surface area (Å²) in [6, 6.07) is 2.22. The molecule has 146 valence electrons. The highest BCUT2D eigenvalue weighted by Gasteiger charge is 2.29. The molecule has 0 bridgehead atoms. The maximum absolute atomic E-state index is 12.4. The van der Waals surface area contributed by atoms with Gasteiger partial charge in [-0.2, -0.15) is 5.26 Å². The van der Waals surface area contributed by atoms with Gasteiger partial charge >= 0.3 is 5.97 Å². The van der Waals surface area contributed by atoms with E-state index in [9.17, 15) is 14.4 Å². The fraction of sp³-hybridized carbons (Fsp3) is 0.600. The number of amides is 1. The molecule has 27 heavy (non-hydrogen) atoms. The number of carbonyl (C=O) groups is 2. The summed E-state index contributed by atoms with van der Waals surface area (Å²) in [6.45, 7) is 7.22. The molecule has 7 heteroatoms. The second-order valence-corrected chi connectivity index (χ2v) is 7.26. The van der Waals surface area contributed by atoms with Crippen molar-refractivity contribution in [1.29, 1.82) is 5.26 Å². The first kappa shape index (κ1) is 20.7. The number of pyridine rings is 1. The molecule has 1 fully saturated rings. The van der Waals surface area contributed by atoms with Gasteiger partial charge < -0.3 is 14.6 Å². The van der Waals surface area contributed by atoms with Crippen molar-refractivity contribution in [2.24, 2.45) is 0 Å². The number of nitriles is 1. The lowest BCUT2D eigenvalue weighted by Crippen LogP contribution is -2.49. The van der Waals surface area contributed by atoms with Crippen molar-refractivity contribution < 1.29 is 14.3 Å². The van der Waals surface area contributed by atoms with Crippen LogP contribution in [0.15, 0.2) is 4.79 Å². The molecule has 2 heterocycles. The van der Waals surface area contributed by atoms with Gasteiger partial charge in [-0.15, -0.1) is 0 Å². The third-order valence-corrected chi connectivity index (χ3v) is 5.34. The number of carbonyl (C=O) groups excluding carboxylic acids is 2. The predicted octanol–water partition coefficient (Wildman–Crippen LogP) is 2.13. The third kappa shape index (κ3) is 4.76. The molecule has 1 aliphatic rings. The van der Waals surface area contributed by atoms with Crippen molar-refractivity contribution in [3.8, 4) is 6.07 Å². The molecule has 0 spiro atoms. The summed E-state index contributed by atoms with van der Waals surface area (Å²) in [4.78, 5) is 40.7. The second-order valence-electron chi connectivity index (χ2n) is 7.26. The number of aromatic nitrogens is 1. The van der Waals surface area contributed by atoms with Crippen molar-refractivity contribution in [3.05, 3.63) is 32.7 Å². The van der Waals surface area contributed by atoms with E-state index in [1.54, 1.807) is 13.8 Å². The Labute approximate surface area is 159 Å². The molecule has 0 saturated carbocycles. The van der Waals surface area contributed by atoms with E-state index in [0.29, 0.717) is 17.7 Å². The summed E-state index contributed by atoms with van der Waals surface area (Å²) >= 11 is 0. The number of nitrogens with zero attached hydrogens (tertiary/aromatic N) is 2. The molecule has 0 aliphatic carbocycles. The number of likely N-dealkylation sites (tertiary alicyclic amines) is 1. The molecule has 1 amide bonds. The number of nitrogens with one attached hydrogen (secondary N) is 1. The smallest absolute Gasteiger partial charge is 0.306 e. The quantitative estimate of drug-likeness (QED) is 0.796. The monoisotopic (exact) mass is 373 g/mol. The van der Waals surface area contributed by atoms with Crippen molar-refractivity contribution in [2.75, 3.05) is 6.61 Å². The van der Waals surface area contributed by atoms with Crippen LogP contribution in [0.1, 0.15) is 61.9 Å². The van der Waals surface area contributed by atoms with Crippen LogP contribution in [0.4, 0.5) is 0 Å². The molecule has 2 atom stereocenters. The van der Waals surface area contributed by atoms with Gasteiger partial charge in [0.1, 0.15) is 11.6 Å². The highest BCUT2D eigenvalue weighted by atomic mass is 16.5.